The Morgan fingerprint density at radius 1 is 0.265 bits per heavy atom. The third-order valence-electron chi connectivity index (χ3n) is 13.7. The van der Waals surface area contributed by atoms with Crippen molar-refractivity contribution in [1.82, 2.24) is 4.57 Å². The quantitative estimate of drug-likeness (QED) is 0.138. The van der Waals surface area contributed by atoms with E-state index in [2.05, 4.69) is 276 Å². The van der Waals surface area contributed by atoms with E-state index in [1.54, 1.807) is 0 Å². The first kappa shape index (κ1) is 39.4. The first-order valence-corrected chi connectivity index (χ1v) is 23.4. The Balaban J connectivity index is 1.01. The van der Waals surface area contributed by atoms with Crippen LogP contribution >= 0.6 is 0 Å². The lowest BCUT2D eigenvalue weighted by molar-refractivity contribution is 1.18. The monoisotopic (exact) mass is 864 g/mol. The van der Waals surface area contributed by atoms with Crippen LogP contribution in [0.4, 0.5) is 17.1 Å². The van der Waals surface area contributed by atoms with Crippen molar-refractivity contribution in [3.8, 4) is 50.2 Å². The molecule has 318 valence electrons. The second kappa shape index (κ2) is 16.5. The largest absolute Gasteiger partial charge is 0.310 e. The molecule has 0 atom stereocenters. The minimum Gasteiger partial charge on any atom is -0.310 e. The number of rotatable bonds is 8. The van der Waals surface area contributed by atoms with E-state index in [-0.39, 0.29) is 0 Å². The molecule has 0 amide bonds. The standard InChI is InChI=1S/C66H44N2/c1-4-18-48(19-5-1)64-59-26-13-12-25-57(59)58-42-41-55(44-61(58)65(64)49-20-6-2-7-21-49)67(53-37-33-46(34-38-53)51-32-31-45-17-10-11-22-50(45)43-51)54-39-35-47(36-40-54)56-28-16-30-63-66(56)60-27-14-15-29-62(60)68(63)52-23-8-3-9-24-52/h1-44H. The molecule has 0 unspecified atom stereocenters. The van der Waals surface area contributed by atoms with E-state index in [0.29, 0.717) is 0 Å². The molecule has 0 radical (unpaired) electrons. The molecule has 2 nitrogen and oxygen atoms in total. The number of anilines is 3. The summed E-state index contributed by atoms with van der Waals surface area (Å²) in [7, 11) is 0. The van der Waals surface area contributed by atoms with Crippen molar-refractivity contribution in [3.63, 3.8) is 0 Å². The van der Waals surface area contributed by atoms with E-state index in [1.165, 1.54) is 98.6 Å². The molecule has 0 saturated carbocycles. The summed E-state index contributed by atoms with van der Waals surface area (Å²) in [6.07, 6.45) is 0. The summed E-state index contributed by atoms with van der Waals surface area (Å²) < 4.78 is 2.39. The van der Waals surface area contributed by atoms with Gasteiger partial charge in [0.15, 0.2) is 0 Å². The van der Waals surface area contributed by atoms with E-state index < -0.39 is 0 Å². The Kier molecular flexibility index (Phi) is 9.54. The molecule has 0 saturated heterocycles. The molecule has 0 bridgehead atoms. The molecule has 0 aliphatic heterocycles. The minimum atomic E-state index is 1.08. The number of hydrogen-bond donors (Lipinski definition) is 0. The Labute approximate surface area is 395 Å². The predicted molar refractivity (Wildman–Crippen MR) is 290 cm³/mol. The molecular weight excluding hydrogens is 821 g/mol. The molecule has 13 rings (SSSR count). The topological polar surface area (TPSA) is 8.17 Å². The molecule has 0 spiro atoms. The maximum absolute atomic E-state index is 2.42. The van der Waals surface area contributed by atoms with E-state index in [0.717, 1.165) is 22.7 Å². The average molecular weight is 865 g/mol. The van der Waals surface area contributed by atoms with Gasteiger partial charge in [-0.1, -0.05) is 200 Å². The highest BCUT2D eigenvalue weighted by atomic mass is 15.1. The van der Waals surface area contributed by atoms with Crippen LogP contribution in [-0.2, 0) is 0 Å². The second-order valence-electron chi connectivity index (χ2n) is 17.6. The van der Waals surface area contributed by atoms with Crippen molar-refractivity contribution in [2.45, 2.75) is 0 Å². The average Bonchev–Trinajstić information content (AvgIpc) is 3.76. The van der Waals surface area contributed by atoms with Crippen LogP contribution in [0.2, 0.25) is 0 Å². The maximum Gasteiger partial charge on any atom is 0.0547 e. The van der Waals surface area contributed by atoms with Crippen molar-refractivity contribution in [1.29, 1.82) is 0 Å². The third kappa shape index (κ3) is 6.65. The van der Waals surface area contributed by atoms with Crippen molar-refractivity contribution in [3.05, 3.63) is 267 Å². The Bertz CT molecular complexity index is 3980. The van der Waals surface area contributed by atoms with Gasteiger partial charge in [-0.05, 0) is 144 Å². The Hall–Kier alpha value is -8.98. The molecule has 0 fully saturated rings. The molecule has 13 aromatic rings. The number of fused-ring (bicyclic) bond motifs is 7. The van der Waals surface area contributed by atoms with Gasteiger partial charge in [0, 0.05) is 33.5 Å². The summed E-state index contributed by atoms with van der Waals surface area (Å²) in [5.74, 6) is 0. The molecule has 2 heteroatoms. The van der Waals surface area contributed by atoms with Crippen LogP contribution in [-0.4, -0.2) is 4.57 Å². The normalized spacial score (nSPS) is 11.5. The number of para-hydroxylation sites is 2. The zero-order valence-electron chi connectivity index (χ0n) is 37.3. The van der Waals surface area contributed by atoms with Gasteiger partial charge in [0.2, 0.25) is 0 Å². The van der Waals surface area contributed by atoms with Gasteiger partial charge < -0.3 is 9.47 Å². The number of aromatic nitrogens is 1. The summed E-state index contributed by atoms with van der Waals surface area (Å²) >= 11 is 0. The molecular formula is C66H44N2. The minimum absolute atomic E-state index is 1.08. The van der Waals surface area contributed by atoms with Gasteiger partial charge in [0.25, 0.3) is 0 Å². The summed E-state index contributed by atoms with van der Waals surface area (Å²) in [5.41, 5.74) is 16.4. The third-order valence-corrected chi connectivity index (χ3v) is 13.7. The van der Waals surface area contributed by atoms with Gasteiger partial charge in [-0.25, -0.2) is 0 Å². The van der Waals surface area contributed by atoms with Crippen LogP contribution in [0.5, 0.6) is 0 Å². The first-order valence-electron chi connectivity index (χ1n) is 23.4. The lowest BCUT2D eigenvalue weighted by Crippen LogP contribution is -2.10. The fourth-order valence-electron chi connectivity index (χ4n) is 10.7. The number of hydrogen-bond acceptors (Lipinski definition) is 1. The summed E-state index contributed by atoms with van der Waals surface area (Å²) in [5, 5.41) is 9.91. The van der Waals surface area contributed by atoms with Gasteiger partial charge in [-0.15, -0.1) is 0 Å². The zero-order chi connectivity index (χ0) is 45.0. The van der Waals surface area contributed by atoms with Crippen molar-refractivity contribution in [2.24, 2.45) is 0 Å². The Morgan fingerprint density at radius 2 is 0.779 bits per heavy atom. The molecule has 68 heavy (non-hydrogen) atoms. The van der Waals surface area contributed by atoms with E-state index in [4.69, 9.17) is 0 Å². The maximum atomic E-state index is 2.42. The summed E-state index contributed by atoms with van der Waals surface area (Å²) in [4.78, 5) is 2.42. The van der Waals surface area contributed by atoms with Crippen LogP contribution in [0.15, 0.2) is 267 Å². The van der Waals surface area contributed by atoms with E-state index in [1.807, 2.05) is 0 Å². The van der Waals surface area contributed by atoms with Crippen LogP contribution in [0, 0.1) is 0 Å². The van der Waals surface area contributed by atoms with Crippen molar-refractivity contribution >= 4 is 71.2 Å². The van der Waals surface area contributed by atoms with E-state index >= 15 is 0 Å². The SMILES string of the molecule is c1ccc(-c2c(-c3ccccc3)c3cc(N(c4ccc(-c5ccc6ccccc6c5)cc4)c4ccc(-c5cccc6c5c5ccccc5n6-c5ccccc5)cc4)ccc3c3ccccc23)cc1. The molecule has 0 N–H and O–H groups in total. The van der Waals surface area contributed by atoms with Crippen LogP contribution in [0.3, 0.4) is 0 Å². The van der Waals surface area contributed by atoms with Gasteiger partial charge in [-0.2, -0.15) is 0 Å². The van der Waals surface area contributed by atoms with E-state index in [9.17, 15) is 0 Å². The highest BCUT2D eigenvalue weighted by Crippen LogP contribution is 2.47. The predicted octanol–water partition coefficient (Wildman–Crippen LogP) is 18.4. The molecule has 12 aromatic carbocycles. The summed E-state index contributed by atoms with van der Waals surface area (Å²) in [6.45, 7) is 0. The lowest BCUT2D eigenvalue weighted by atomic mass is 9.85. The van der Waals surface area contributed by atoms with Crippen LogP contribution in [0.25, 0.3) is 104 Å². The van der Waals surface area contributed by atoms with Crippen LogP contribution in [0.1, 0.15) is 0 Å². The van der Waals surface area contributed by atoms with Crippen molar-refractivity contribution in [2.75, 3.05) is 4.90 Å². The second-order valence-corrected chi connectivity index (χ2v) is 17.6. The highest BCUT2D eigenvalue weighted by molar-refractivity contribution is 6.22. The van der Waals surface area contributed by atoms with Gasteiger partial charge >= 0.3 is 0 Å². The Morgan fingerprint density at radius 3 is 1.49 bits per heavy atom. The summed E-state index contributed by atoms with van der Waals surface area (Å²) in [6, 6.07) is 97.5. The van der Waals surface area contributed by atoms with Crippen molar-refractivity contribution < 1.29 is 0 Å². The smallest absolute Gasteiger partial charge is 0.0547 e. The van der Waals surface area contributed by atoms with Crippen LogP contribution < -0.4 is 4.90 Å². The molecule has 0 aliphatic rings. The molecule has 1 aromatic heterocycles. The molecule has 1 heterocycles. The van der Waals surface area contributed by atoms with Gasteiger partial charge in [0.05, 0.1) is 11.0 Å². The van der Waals surface area contributed by atoms with Gasteiger partial charge in [-0.3, -0.25) is 0 Å². The number of benzene rings is 12. The fraction of sp³-hybridized carbons (Fsp3) is 0. The number of nitrogens with zero attached hydrogens (tertiary/aromatic N) is 2. The van der Waals surface area contributed by atoms with Gasteiger partial charge in [0.1, 0.15) is 0 Å². The fourth-order valence-corrected chi connectivity index (χ4v) is 10.7. The lowest BCUT2D eigenvalue weighted by Gasteiger charge is -2.27. The molecule has 0 aliphatic carbocycles. The first-order chi connectivity index (χ1) is 33.7. The zero-order valence-corrected chi connectivity index (χ0v) is 37.3. The highest BCUT2D eigenvalue weighted by Gasteiger charge is 2.22.